The van der Waals surface area contributed by atoms with Gasteiger partial charge in [-0.15, -0.1) is 0 Å². The molecule has 0 aromatic rings. The van der Waals surface area contributed by atoms with Crippen LogP contribution in [0.3, 0.4) is 0 Å². The minimum Gasteiger partial charge on any atom is -0.264 e. The van der Waals surface area contributed by atoms with Gasteiger partial charge in [-0.25, -0.2) is 0 Å². The van der Waals surface area contributed by atoms with Crippen LogP contribution in [0.2, 0.25) is 0 Å². The molecule has 23 heavy (non-hydrogen) atoms. The summed E-state index contributed by atoms with van der Waals surface area (Å²) in [6, 6.07) is 0. The zero-order chi connectivity index (χ0) is 17.4. The Hall–Kier alpha value is -1.11. The van der Waals surface area contributed by atoms with Crippen molar-refractivity contribution in [2.24, 2.45) is 10.4 Å². The van der Waals surface area contributed by atoms with Crippen LogP contribution in [0, 0.1) is 5.41 Å². The van der Waals surface area contributed by atoms with E-state index in [-0.39, 0.29) is 5.41 Å². The molecule has 0 N–H and O–H groups in total. The summed E-state index contributed by atoms with van der Waals surface area (Å²) in [7, 11) is 0. The number of unbranched alkanes of at least 4 members (excludes halogenated alkanes) is 7. The summed E-state index contributed by atoms with van der Waals surface area (Å²) in [4.78, 5) is 4.35. The lowest BCUT2D eigenvalue weighted by atomic mass is 9.74. The van der Waals surface area contributed by atoms with Gasteiger partial charge in [-0.1, -0.05) is 104 Å². The van der Waals surface area contributed by atoms with Crippen molar-refractivity contribution in [3.63, 3.8) is 0 Å². The summed E-state index contributed by atoms with van der Waals surface area (Å²) >= 11 is 0. The topological polar surface area (TPSA) is 12.4 Å². The fourth-order valence-corrected chi connectivity index (χ4v) is 3.11. The normalized spacial score (nSPS) is 14.8. The van der Waals surface area contributed by atoms with Crippen molar-refractivity contribution >= 4 is 6.21 Å². The second kappa shape index (κ2) is 14.5. The van der Waals surface area contributed by atoms with E-state index >= 15 is 0 Å². The van der Waals surface area contributed by atoms with Gasteiger partial charge >= 0.3 is 0 Å². The third-order valence-corrected chi connectivity index (χ3v) is 4.74. The van der Waals surface area contributed by atoms with Gasteiger partial charge in [-0.2, -0.15) is 0 Å². The Kier molecular flexibility index (Phi) is 13.8. The first-order valence-electron chi connectivity index (χ1n) is 9.61. The first kappa shape index (κ1) is 21.9. The highest BCUT2D eigenvalue weighted by Crippen LogP contribution is 2.39. The number of aliphatic imine (C=N–C) groups is 1. The van der Waals surface area contributed by atoms with Crippen molar-refractivity contribution < 1.29 is 0 Å². The predicted molar refractivity (Wildman–Crippen MR) is 107 cm³/mol. The Labute approximate surface area is 145 Å². The van der Waals surface area contributed by atoms with E-state index in [0.717, 1.165) is 0 Å². The van der Waals surface area contributed by atoms with Crippen LogP contribution in [0.5, 0.6) is 0 Å². The van der Waals surface area contributed by atoms with Gasteiger partial charge in [-0.3, -0.25) is 4.99 Å². The molecule has 0 saturated carbocycles. The Morgan fingerprint density at radius 1 is 0.870 bits per heavy atom. The van der Waals surface area contributed by atoms with Gasteiger partial charge in [0.05, 0.1) is 0 Å². The molecule has 0 aliphatic rings. The monoisotopic (exact) mass is 317 g/mol. The third kappa shape index (κ3) is 10.3. The third-order valence-electron chi connectivity index (χ3n) is 4.74. The van der Waals surface area contributed by atoms with Crippen LogP contribution in [-0.2, 0) is 0 Å². The van der Waals surface area contributed by atoms with E-state index in [1.165, 1.54) is 76.2 Å². The zero-order valence-corrected chi connectivity index (χ0v) is 15.9. The Morgan fingerprint density at radius 3 is 1.87 bits per heavy atom. The first-order chi connectivity index (χ1) is 11.1. The molecule has 0 aliphatic carbocycles. The van der Waals surface area contributed by atoms with Gasteiger partial charge in [-0.05, 0) is 23.8 Å². The SMILES string of the molecule is C=C/C=N\C=C(/C=C)C(C)(CCCCCC)CCCCCCC. The molecule has 0 rings (SSSR count). The molecule has 0 radical (unpaired) electrons. The average molecular weight is 318 g/mol. The van der Waals surface area contributed by atoms with E-state index in [9.17, 15) is 0 Å². The smallest absolute Gasteiger partial charge is 0.0305 e. The summed E-state index contributed by atoms with van der Waals surface area (Å²) in [5.41, 5.74) is 1.49. The molecule has 1 heteroatoms. The number of nitrogens with zero attached hydrogens (tertiary/aromatic N) is 1. The maximum atomic E-state index is 4.35. The van der Waals surface area contributed by atoms with Crippen LogP contribution in [0.15, 0.2) is 42.1 Å². The fraction of sp³-hybridized carbons (Fsp3) is 0.682. The fourth-order valence-electron chi connectivity index (χ4n) is 3.11. The Morgan fingerprint density at radius 2 is 1.39 bits per heavy atom. The van der Waals surface area contributed by atoms with Crippen LogP contribution in [-0.4, -0.2) is 6.21 Å². The highest BCUT2D eigenvalue weighted by molar-refractivity contribution is 5.70. The summed E-state index contributed by atoms with van der Waals surface area (Å²) in [5.74, 6) is 0. The lowest BCUT2D eigenvalue weighted by Gasteiger charge is -2.31. The molecule has 0 bridgehead atoms. The van der Waals surface area contributed by atoms with Crippen molar-refractivity contribution in [3.05, 3.63) is 37.1 Å². The molecular formula is C22H39N. The van der Waals surface area contributed by atoms with Crippen molar-refractivity contribution in [1.82, 2.24) is 0 Å². The van der Waals surface area contributed by atoms with Gasteiger partial charge in [0.2, 0.25) is 0 Å². The lowest BCUT2D eigenvalue weighted by Crippen LogP contribution is -2.19. The Bertz CT molecular complexity index is 364. The highest BCUT2D eigenvalue weighted by Gasteiger charge is 2.26. The van der Waals surface area contributed by atoms with Crippen molar-refractivity contribution in [1.29, 1.82) is 0 Å². The molecule has 0 aromatic heterocycles. The largest absolute Gasteiger partial charge is 0.264 e. The van der Waals surface area contributed by atoms with E-state index in [1.807, 2.05) is 12.3 Å². The molecule has 0 aromatic carbocycles. The quantitative estimate of drug-likeness (QED) is 0.167. The van der Waals surface area contributed by atoms with Gasteiger partial charge < -0.3 is 0 Å². The maximum absolute atomic E-state index is 4.35. The molecule has 0 heterocycles. The van der Waals surface area contributed by atoms with Gasteiger partial charge in [0.1, 0.15) is 0 Å². The predicted octanol–water partition coefficient (Wildman–Crippen LogP) is 7.65. The molecule has 0 aliphatic heterocycles. The molecule has 0 fully saturated rings. The highest BCUT2D eigenvalue weighted by atomic mass is 14.7. The number of hydrogen-bond donors (Lipinski definition) is 0. The molecule has 1 unspecified atom stereocenters. The minimum absolute atomic E-state index is 0.209. The molecule has 0 saturated heterocycles. The van der Waals surface area contributed by atoms with E-state index in [2.05, 4.69) is 38.9 Å². The number of hydrogen-bond acceptors (Lipinski definition) is 1. The van der Waals surface area contributed by atoms with Crippen molar-refractivity contribution in [2.45, 2.75) is 91.4 Å². The summed E-state index contributed by atoms with van der Waals surface area (Å²) in [5, 5.41) is 0. The van der Waals surface area contributed by atoms with Crippen LogP contribution < -0.4 is 0 Å². The van der Waals surface area contributed by atoms with E-state index < -0.39 is 0 Å². The number of rotatable bonds is 15. The van der Waals surface area contributed by atoms with Gasteiger partial charge in [0, 0.05) is 12.4 Å². The van der Waals surface area contributed by atoms with Crippen LogP contribution in [0.1, 0.15) is 91.4 Å². The minimum atomic E-state index is 0.209. The zero-order valence-electron chi connectivity index (χ0n) is 15.9. The van der Waals surface area contributed by atoms with Gasteiger partial charge in [0.25, 0.3) is 0 Å². The molecule has 0 amide bonds. The molecule has 0 spiro atoms. The van der Waals surface area contributed by atoms with Crippen LogP contribution >= 0.6 is 0 Å². The van der Waals surface area contributed by atoms with Crippen molar-refractivity contribution in [3.8, 4) is 0 Å². The summed E-state index contributed by atoms with van der Waals surface area (Å²) in [6.45, 7) is 14.7. The first-order valence-corrected chi connectivity index (χ1v) is 9.61. The van der Waals surface area contributed by atoms with E-state index in [1.54, 1.807) is 12.3 Å². The van der Waals surface area contributed by atoms with Crippen molar-refractivity contribution in [2.75, 3.05) is 0 Å². The lowest BCUT2D eigenvalue weighted by molar-refractivity contribution is 0.313. The van der Waals surface area contributed by atoms with E-state index in [0.29, 0.717) is 0 Å². The van der Waals surface area contributed by atoms with Gasteiger partial charge in [0.15, 0.2) is 0 Å². The second-order valence-corrected chi connectivity index (χ2v) is 6.86. The molecule has 132 valence electrons. The summed E-state index contributed by atoms with van der Waals surface area (Å²) in [6.07, 6.45) is 21.9. The average Bonchev–Trinajstić information content (AvgIpc) is 2.55. The molecule has 1 atom stereocenters. The standard InChI is InChI=1S/C22H39N/c1-6-10-12-14-16-18-22(5,17-15-13-11-7-2)21(9-4)20-23-19-8-3/h8-9,19-20H,3-4,6-7,10-18H2,1-2,5H3/b21-20+,23-19-. The van der Waals surface area contributed by atoms with Crippen LogP contribution in [0.4, 0.5) is 0 Å². The Balaban J connectivity index is 4.79. The molecular weight excluding hydrogens is 278 g/mol. The summed E-state index contributed by atoms with van der Waals surface area (Å²) < 4.78 is 0. The number of allylic oxidation sites excluding steroid dienone is 3. The van der Waals surface area contributed by atoms with Crippen LogP contribution in [0.25, 0.3) is 0 Å². The van der Waals surface area contributed by atoms with E-state index in [4.69, 9.17) is 0 Å². The second-order valence-electron chi connectivity index (χ2n) is 6.86. The molecule has 1 nitrogen and oxygen atoms in total. The maximum Gasteiger partial charge on any atom is 0.0305 e.